The van der Waals surface area contributed by atoms with Crippen LogP contribution in [0.25, 0.3) is 0 Å². The van der Waals surface area contributed by atoms with Crippen molar-refractivity contribution in [1.29, 1.82) is 5.26 Å². The quantitative estimate of drug-likeness (QED) is 0.816. The summed E-state index contributed by atoms with van der Waals surface area (Å²) in [5.41, 5.74) is 3.92. The van der Waals surface area contributed by atoms with E-state index < -0.39 is 0 Å². The van der Waals surface area contributed by atoms with Gasteiger partial charge in [0.15, 0.2) is 0 Å². The molecule has 25 heavy (non-hydrogen) atoms. The van der Waals surface area contributed by atoms with Gasteiger partial charge in [0.05, 0.1) is 6.07 Å². The van der Waals surface area contributed by atoms with Gasteiger partial charge < -0.3 is 10.6 Å². The molecule has 0 atom stereocenters. The zero-order valence-electron chi connectivity index (χ0n) is 14.2. The van der Waals surface area contributed by atoms with Crippen LogP contribution < -0.4 is 10.6 Å². The summed E-state index contributed by atoms with van der Waals surface area (Å²) in [6, 6.07) is 17.1. The Labute approximate surface area is 147 Å². The third-order valence-electron chi connectivity index (χ3n) is 3.82. The van der Waals surface area contributed by atoms with Crippen LogP contribution in [0.4, 0.5) is 5.69 Å². The standard InChI is InChI=1S/C20H21N3O2/c1-15-5-2-3-7-17(15)9-10-20(25)23-18-8-4-6-16(13-18)14-22-19(24)11-12-21/h2-8,13H,9-11,14H2,1H3,(H,22,24)(H,23,25). The van der Waals surface area contributed by atoms with Gasteiger partial charge >= 0.3 is 0 Å². The highest BCUT2D eigenvalue weighted by Gasteiger charge is 2.06. The number of nitriles is 1. The van der Waals surface area contributed by atoms with Gasteiger partial charge in [-0.25, -0.2) is 0 Å². The van der Waals surface area contributed by atoms with E-state index in [0.29, 0.717) is 25.1 Å². The molecule has 0 aromatic heterocycles. The molecule has 0 unspecified atom stereocenters. The van der Waals surface area contributed by atoms with Crippen molar-refractivity contribution in [3.8, 4) is 6.07 Å². The molecule has 0 heterocycles. The summed E-state index contributed by atoms with van der Waals surface area (Å²) in [6.07, 6.45) is 0.950. The summed E-state index contributed by atoms with van der Waals surface area (Å²) in [4.78, 5) is 23.5. The normalized spacial score (nSPS) is 9.92. The lowest BCUT2D eigenvalue weighted by molar-refractivity contribution is -0.120. The minimum atomic E-state index is -0.310. The maximum absolute atomic E-state index is 12.1. The molecular weight excluding hydrogens is 314 g/mol. The summed E-state index contributed by atoms with van der Waals surface area (Å²) in [7, 11) is 0. The molecule has 0 aliphatic carbocycles. The molecule has 2 aromatic rings. The second kappa shape index (κ2) is 9.24. The first-order valence-electron chi connectivity index (χ1n) is 8.15. The Morgan fingerprint density at radius 2 is 1.88 bits per heavy atom. The molecule has 2 rings (SSSR count). The van der Waals surface area contributed by atoms with Gasteiger partial charge in [0.25, 0.3) is 0 Å². The van der Waals surface area contributed by atoms with Crippen molar-refractivity contribution >= 4 is 17.5 Å². The van der Waals surface area contributed by atoms with E-state index >= 15 is 0 Å². The van der Waals surface area contributed by atoms with Gasteiger partial charge in [0.2, 0.25) is 11.8 Å². The van der Waals surface area contributed by atoms with Crippen LogP contribution in [0.3, 0.4) is 0 Å². The molecule has 0 bridgehead atoms. The number of nitrogens with one attached hydrogen (secondary N) is 2. The van der Waals surface area contributed by atoms with Crippen molar-refractivity contribution in [3.63, 3.8) is 0 Å². The molecular formula is C20H21N3O2. The second-order valence-corrected chi connectivity index (χ2v) is 5.79. The van der Waals surface area contributed by atoms with Gasteiger partial charge in [0.1, 0.15) is 6.42 Å². The van der Waals surface area contributed by atoms with Gasteiger partial charge in [0, 0.05) is 18.7 Å². The molecule has 0 saturated carbocycles. The Bertz CT molecular complexity index is 794. The van der Waals surface area contributed by atoms with Crippen molar-refractivity contribution in [2.24, 2.45) is 0 Å². The molecule has 128 valence electrons. The van der Waals surface area contributed by atoms with Crippen LogP contribution in [0.1, 0.15) is 29.5 Å². The lowest BCUT2D eigenvalue weighted by Gasteiger charge is -2.09. The molecule has 2 aromatic carbocycles. The van der Waals surface area contributed by atoms with Crippen LogP contribution >= 0.6 is 0 Å². The van der Waals surface area contributed by atoms with Crippen LogP contribution in [0.15, 0.2) is 48.5 Å². The molecule has 0 radical (unpaired) electrons. The van der Waals surface area contributed by atoms with Crippen LogP contribution in [0, 0.1) is 18.3 Å². The van der Waals surface area contributed by atoms with E-state index in [-0.39, 0.29) is 18.2 Å². The summed E-state index contributed by atoms with van der Waals surface area (Å²) in [5, 5.41) is 14.0. The minimum Gasteiger partial charge on any atom is -0.351 e. The Kier molecular flexibility index (Phi) is 6.73. The fourth-order valence-corrected chi connectivity index (χ4v) is 2.46. The number of anilines is 1. The van der Waals surface area contributed by atoms with Crippen molar-refractivity contribution in [1.82, 2.24) is 5.32 Å². The lowest BCUT2D eigenvalue weighted by Crippen LogP contribution is -2.22. The number of carbonyl (C=O) groups is 2. The average molecular weight is 335 g/mol. The Balaban J connectivity index is 1.86. The zero-order valence-corrected chi connectivity index (χ0v) is 14.2. The van der Waals surface area contributed by atoms with E-state index in [0.717, 1.165) is 5.56 Å². The maximum Gasteiger partial charge on any atom is 0.234 e. The highest BCUT2D eigenvalue weighted by atomic mass is 16.2. The number of rotatable bonds is 7. The van der Waals surface area contributed by atoms with Gasteiger partial charge in [-0.3, -0.25) is 9.59 Å². The predicted molar refractivity (Wildman–Crippen MR) is 96.6 cm³/mol. The fourth-order valence-electron chi connectivity index (χ4n) is 2.46. The van der Waals surface area contributed by atoms with Crippen molar-refractivity contribution in [3.05, 3.63) is 65.2 Å². The predicted octanol–water partition coefficient (Wildman–Crippen LogP) is 3.10. The zero-order chi connectivity index (χ0) is 18.1. The number of nitrogens with zero attached hydrogens (tertiary/aromatic N) is 1. The van der Waals surface area contributed by atoms with Gasteiger partial charge in [-0.15, -0.1) is 0 Å². The number of hydrogen-bond acceptors (Lipinski definition) is 3. The third kappa shape index (κ3) is 6.11. The van der Waals surface area contributed by atoms with Gasteiger partial charge in [-0.1, -0.05) is 36.4 Å². The van der Waals surface area contributed by atoms with Gasteiger partial charge in [-0.05, 0) is 42.2 Å². The number of benzene rings is 2. The molecule has 0 aliphatic rings. The molecule has 0 spiro atoms. The van der Waals surface area contributed by atoms with Gasteiger partial charge in [-0.2, -0.15) is 5.26 Å². The molecule has 0 aliphatic heterocycles. The van der Waals surface area contributed by atoms with E-state index in [2.05, 4.69) is 10.6 Å². The number of aryl methyl sites for hydroxylation is 2. The van der Waals surface area contributed by atoms with Crippen LogP contribution in [0.2, 0.25) is 0 Å². The fraction of sp³-hybridized carbons (Fsp3) is 0.250. The Morgan fingerprint density at radius 3 is 2.64 bits per heavy atom. The van der Waals surface area contributed by atoms with Crippen LogP contribution in [-0.2, 0) is 22.6 Å². The van der Waals surface area contributed by atoms with Crippen molar-refractivity contribution in [2.75, 3.05) is 5.32 Å². The molecule has 2 amide bonds. The monoisotopic (exact) mass is 335 g/mol. The maximum atomic E-state index is 12.1. The second-order valence-electron chi connectivity index (χ2n) is 5.79. The summed E-state index contributed by atoms with van der Waals surface area (Å²) in [5.74, 6) is -0.357. The van der Waals surface area contributed by atoms with Crippen LogP contribution in [-0.4, -0.2) is 11.8 Å². The number of amides is 2. The highest BCUT2D eigenvalue weighted by molar-refractivity contribution is 5.90. The highest BCUT2D eigenvalue weighted by Crippen LogP contribution is 2.13. The smallest absolute Gasteiger partial charge is 0.234 e. The molecule has 0 fully saturated rings. The first-order chi connectivity index (χ1) is 12.1. The van der Waals surface area contributed by atoms with E-state index in [9.17, 15) is 9.59 Å². The largest absolute Gasteiger partial charge is 0.351 e. The van der Waals surface area contributed by atoms with E-state index in [1.807, 2.05) is 55.5 Å². The summed E-state index contributed by atoms with van der Waals surface area (Å²) < 4.78 is 0. The lowest BCUT2D eigenvalue weighted by atomic mass is 10.0. The Hall–Kier alpha value is -3.13. The van der Waals surface area contributed by atoms with Crippen LogP contribution in [0.5, 0.6) is 0 Å². The van der Waals surface area contributed by atoms with E-state index in [1.165, 1.54) is 11.1 Å². The molecule has 5 heteroatoms. The molecule has 5 nitrogen and oxygen atoms in total. The molecule has 2 N–H and O–H groups in total. The summed E-state index contributed by atoms with van der Waals surface area (Å²) >= 11 is 0. The Morgan fingerprint density at radius 1 is 1.08 bits per heavy atom. The average Bonchev–Trinajstić information content (AvgIpc) is 2.60. The number of carbonyl (C=O) groups excluding carboxylic acids is 2. The number of hydrogen-bond donors (Lipinski definition) is 2. The topological polar surface area (TPSA) is 82.0 Å². The van der Waals surface area contributed by atoms with E-state index in [4.69, 9.17) is 5.26 Å². The van der Waals surface area contributed by atoms with E-state index in [1.54, 1.807) is 6.07 Å². The SMILES string of the molecule is Cc1ccccc1CCC(=O)Nc1cccc(CNC(=O)CC#N)c1. The first-order valence-corrected chi connectivity index (χ1v) is 8.15. The van der Waals surface area contributed by atoms with Crippen molar-refractivity contribution < 1.29 is 9.59 Å². The van der Waals surface area contributed by atoms with Crippen molar-refractivity contribution in [2.45, 2.75) is 32.7 Å². The first kappa shape index (κ1) is 18.2. The minimum absolute atomic E-state index is 0.0473. The summed E-state index contributed by atoms with van der Waals surface area (Å²) in [6.45, 7) is 2.37. The molecule has 0 saturated heterocycles. The third-order valence-corrected chi connectivity index (χ3v) is 3.82.